The van der Waals surface area contributed by atoms with Crippen LogP contribution in [0.25, 0.3) is 0 Å². The lowest BCUT2D eigenvalue weighted by Gasteiger charge is -2.14. The van der Waals surface area contributed by atoms with Crippen molar-refractivity contribution in [2.75, 3.05) is 5.32 Å². The number of furan rings is 1. The van der Waals surface area contributed by atoms with E-state index < -0.39 is 15.8 Å². The molecule has 0 amide bonds. The molecular formula is C13H15FN2O3S. The predicted octanol–water partition coefficient (Wildman–Crippen LogP) is 2.55. The van der Waals surface area contributed by atoms with E-state index in [1.807, 2.05) is 19.9 Å². The molecule has 0 aliphatic rings. The van der Waals surface area contributed by atoms with Crippen molar-refractivity contribution in [3.63, 3.8) is 0 Å². The van der Waals surface area contributed by atoms with Gasteiger partial charge in [0.25, 0.3) is 0 Å². The van der Waals surface area contributed by atoms with Gasteiger partial charge < -0.3 is 9.73 Å². The Balaban J connectivity index is 2.22. The molecule has 0 fully saturated rings. The molecule has 108 valence electrons. The quantitative estimate of drug-likeness (QED) is 0.908. The first-order chi connectivity index (χ1) is 9.27. The summed E-state index contributed by atoms with van der Waals surface area (Å²) in [5.41, 5.74) is 0.180. The summed E-state index contributed by atoms with van der Waals surface area (Å²) in [5, 5.41) is 7.85. The van der Waals surface area contributed by atoms with Crippen LogP contribution in [0.5, 0.6) is 0 Å². The van der Waals surface area contributed by atoms with E-state index in [1.54, 1.807) is 6.07 Å². The third-order valence-corrected chi connectivity index (χ3v) is 3.74. The van der Waals surface area contributed by atoms with Crippen LogP contribution in [-0.2, 0) is 10.0 Å². The van der Waals surface area contributed by atoms with Crippen molar-refractivity contribution >= 4 is 15.7 Å². The van der Waals surface area contributed by atoms with Gasteiger partial charge >= 0.3 is 0 Å². The molecule has 20 heavy (non-hydrogen) atoms. The van der Waals surface area contributed by atoms with E-state index in [2.05, 4.69) is 5.32 Å². The first-order valence-electron chi connectivity index (χ1n) is 5.92. The van der Waals surface area contributed by atoms with Gasteiger partial charge in [-0.3, -0.25) is 0 Å². The molecule has 1 atom stereocenters. The molecule has 3 N–H and O–H groups in total. The highest BCUT2D eigenvalue weighted by Gasteiger charge is 2.15. The number of hydrogen-bond acceptors (Lipinski definition) is 4. The fraction of sp³-hybridized carbons (Fsp3) is 0.231. The zero-order valence-electron chi connectivity index (χ0n) is 11.1. The summed E-state index contributed by atoms with van der Waals surface area (Å²) in [7, 11) is -3.91. The lowest BCUT2D eigenvalue weighted by Crippen LogP contribution is -2.13. The molecule has 1 aromatic heterocycles. The van der Waals surface area contributed by atoms with Gasteiger partial charge in [0.05, 0.1) is 16.6 Å². The van der Waals surface area contributed by atoms with Gasteiger partial charge in [-0.1, -0.05) is 0 Å². The summed E-state index contributed by atoms with van der Waals surface area (Å²) >= 11 is 0. The molecule has 0 aliphatic heterocycles. The third-order valence-electron chi connectivity index (χ3n) is 2.83. The molecule has 2 rings (SSSR count). The highest BCUT2D eigenvalue weighted by atomic mass is 32.2. The van der Waals surface area contributed by atoms with E-state index in [4.69, 9.17) is 9.56 Å². The number of aryl methyl sites for hydroxylation is 1. The summed E-state index contributed by atoms with van der Waals surface area (Å²) < 4.78 is 41.5. The van der Waals surface area contributed by atoms with Crippen molar-refractivity contribution in [3.8, 4) is 0 Å². The number of sulfonamides is 1. The Morgan fingerprint density at radius 1 is 1.30 bits per heavy atom. The second kappa shape index (κ2) is 5.26. The number of hydrogen-bond donors (Lipinski definition) is 2. The molecule has 5 nitrogen and oxygen atoms in total. The molecule has 0 saturated carbocycles. The number of anilines is 1. The maximum absolute atomic E-state index is 13.8. The van der Waals surface area contributed by atoms with Gasteiger partial charge in [0.2, 0.25) is 10.0 Å². The maximum atomic E-state index is 13.8. The minimum Gasteiger partial charge on any atom is -0.464 e. The Morgan fingerprint density at radius 3 is 2.50 bits per heavy atom. The van der Waals surface area contributed by atoms with E-state index in [0.29, 0.717) is 5.76 Å². The number of benzene rings is 1. The van der Waals surface area contributed by atoms with Gasteiger partial charge in [-0.15, -0.1) is 0 Å². The normalized spacial score (nSPS) is 13.2. The standard InChI is InChI=1S/C13H15FN2O3S/c1-8-3-6-13(19-8)9(2)16-12-5-4-10(7-11(12)14)20(15,17)18/h3-7,9,16H,1-2H3,(H2,15,17,18). The Kier molecular flexibility index (Phi) is 3.82. The number of halogens is 1. The monoisotopic (exact) mass is 298 g/mol. The Morgan fingerprint density at radius 2 is 2.00 bits per heavy atom. The molecule has 1 aromatic carbocycles. The summed E-state index contributed by atoms with van der Waals surface area (Å²) in [4.78, 5) is -0.262. The minimum absolute atomic E-state index is 0.180. The van der Waals surface area contributed by atoms with Gasteiger partial charge in [-0.25, -0.2) is 17.9 Å². The topological polar surface area (TPSA) is 85.3 Å². The lowest BCUT2D eigenvalue weighted by atomic mass is 10.2. The van der Waals surface area contributed by atoms with Crippen LogP contribution in [0.15, 0.2) is 39.6 Å². The maximum Gasteiger partial charge on any atom is 0.238 e. The van der Waals surface area contributed by atoms with Crippen LogP contribution in [0, 0.1) is 12.7 Å². The number of rotatable bonds is 4. The van der Waals surface area contributed by atoms with Crippen molar-refractivity contribution in [3.05, 3.63) is 47.7 Å². The van der Waals surface area contributed by atoms with Crippen molar-refractivity contribution in [1.29, 1.82) is 0 Å². The summed E-state index contributed by atoms with van der Waals surface area (Å²) in [6, 6.07) is 6.83. The number of primary sulfonamides is 1. The van der Waals surface area contributed by atoms with Gasteiger partial charge in [0, 0.05) is 0 Å². The fourth-order valence-corrected chi connectivity index (χ4v) is 2.31. The van der Waals surface area contributed by atoms with Crippen LogP contribution in [0.4, 0.5) is 10.1 Å². The van der Waals surface area contributed by atoms with E-state index in [1.165, 1.54) is 12.1 Å². The average molecular weight is 298 g/mol. The van der Waals surface area contributed by atoms with Gasteiger partial charge in [0.15, 0.2) is 0 Å². The van der Waals surface area contributed by atoms with Crippen LogP contribution in [0.2, 0.25) is 0 Å². The second-order valence-corrected chi connectivity index (χ2v) is 6.06. The van der Waals surface area contributed by atoms with Crippen molar-refractivity contribution < 1.29 is 17.2 Å². The third kappa shape index (κ3) is 3.17. The average Bonchev–Trinajstić information content (AvgIpc) is 2.77. The van der Waals surface area contributed by atoms with E-state index in [-0.39, 0.29) is 16.6 Å². The summed E-state index contributed by atoms with van der Waals surface area (Å²) in [6.07, 6.45) is 0. The van der Waals surface area contributed by atoms with Gasteiger partial charge in [0.1, 0.15) is 17.3 Å². The zero-order chi connectivity index (χ0) is 14.9. The second-order valence-electron chi connectivity index (χ2n) is 4.50. The SMILES string of the molecule is Cc1ccc(C(C)Nc2ccc(S(N)(=O)=O)cc2F)o1. The molecule has 7 heteroatoms. The molecule has 0 radical (unpaired) electrons. The van der Waals surface area contributed by atoms with E-state index in [9.17, 15) is 12.8 Å². The molecule has 1 heterocycles. The summed E-state index contributed by atoms with van der Waals surface area (Å²) in [6.45, 7) is 3.63. The molecule has 0 aliphatic carbocycles. The predicted molar refractivity (Wildman–Crippen MR) is 73.3 cm³/mol. The fourth-order valence-electron chi connectivity index (χ4n) is 1.78. The highest BCUT2D eigenvalue weighted by Crippen LogP contribution is 2.24. The first kappa shape index (κ1) is 14.5. The van der Waals surface area contributed by atoms with Crippen LogP contribution in [0.3, 0.4) is 0 Å². The highest BCUT2D eigenvalue weighted by molar-refractivity contribution is 7.89. The van der Waals surface area contributed by atoms with Crippen molar-refractivity contribution in [2.45, 2.75) is 24.8 Å². The molecule has 0 bridgehead atoms. The number of nitrogens with two attached hydrogens (primary N) is 1. The van der Waals surface area contributed by atoms with E-state index in [0.717, 1.165) is 11.8 Å². The first-order valence-corrected chi connectivity index (χ1v) is 7.47. The number of nitrogens with one attached hydrogen (secondary N) is 1. The molecule has 2 aromatic rings. The molecular weight excluding hydrogens is 283 g/mol. The Hall–Kier alpha value is -1.86. The zero-order valence-corrected chi connectivity index (χ0v) is 11.9. The van der Waals surface area contributed by atoms with E-state index >= 15 is 0 Å². The van der Waals surface area contributed by atoms with Gasteiger partial charge in [-0.2, -0.15) is 0 Å². The molecule has 1 unspecified atom stereocenters. The summed E-state index contributed by atoms with van der Waals surface area (Å²) in [5.74, 6) is 0.739. The van der Waals surface area contributed by atoms with Crippen molar-refractivity contribution in [1.82, 2.24) is 0 Å². The van der Waals surface area contributed by atoms with Crippen LogP contribution in [-0.4, -0.2) is 8.42 Å². The molecule has 0 spiro atoms. The minimum atomic E-state index is -3.91. The van der Waals surface area contributed by atoms with Crippen LogP contribution >= 0.6 is 0 Å². The van der Waals surface area contributed by atoms with Crippen LogP contribution in [0.1, 0.15) is 24.5 Å². The smallest absolute Gasteiger partial charge is 0.238 e. The Labute approximate surface area is 116 Å². The lowest BCUT2D eigenvalue weighted by molar-refractivity contribution is 0.466. The molecule has 0 saturated heterocycles. The van der Waals surface area contributed by atoms with Crippen molar-refractivity contribution in [2.24, 2.45) is 5.14 Å². The van der Waals surface area contributed by atoms with Gasteiger partial charge in [-0.05, 0) is 44.2 Å². The van der Waals surface area contributed by atoms with Crippen LogP contribution < -0.4 is 10.5 Å². The largest absolute Gasteiger partial charge is 0.464 e. The Bertz CT molecular complexity index is 725.